The maximum atomic E-state index is 5.41. The molecule has 2 rings (SSSR count). The van der Waals surface area contributed by atoms with Crippen LogP contribution in [-0.4, -0.2) is 0 Å². The second-order valence-corrected chi connectivity index (χ2v) is 3.03. The summed E-state index contributed by atoms with van der Waals surface area (Å²) in [6, 6.07) is 4.08. The minimum atomic E-state index is 0.610. The molecule has 0 bridgehead atoms. The number of hydrogen-bond donors (Lipinski definition) is 1. The Morgan fingerprint density at radius 2 is 2.08 bits per heavy atom. The van der Waals surface area contributed by atoms with Gasteiger partial charge in [-0.2, -0.15) is 0 Å². The van der Waals surface area contributed by atoms with Crippen molar-refractivity contribution in [1.29, 1.82) is 0 Å². The third-order valence-electron chi connectivity index (χ3n) is 2.18. The van der Waals surface area contributed by atoms with E-state index < -0.39 is 0 Å². The molecule has 0 atom stereocenters. The number of aryl methyl sites for hydroxylation is 1. The summed E-state index contributed by atoms with van der Waals surface area (Å²) in [7, 11) is 0. The van der Waals surface area contributed by atoms with Crippen molar-refractivity contribution < 1.29 is 4.74 Å². The molecule has 0 unspecified atom stereocenters. The van der Waals surface area contributed by atoms with Crippen LogP contribution in [0.5, 0.6) is 5.75 Å². The van der Waals surface area contributed by atoms with Crippen LogP contribution in [0.1, 0.15) is 11.1 Å². The first kappa shape index (κ1) is 7.22. The third kappa shape index (κ3) is 0.881. The number of rotatable bonds is 0. The number of benzene rings is 1. The molecule has 12 heavy (non-hydrogen) atoms. The molecule has 0 amide bonds. The lowest BCUT2D eigenvalue weighted by atomic mass is 10.1. The first-order chi connectivity index (χ1) is 5.68. The van der Waals surface area contributed by atoms with Gasteiger partial charge >= 0.3 is 0 Å². The maximum absolute atomic E-state index is 5.41. The Labute approximate surface area is 71.9 Å². The first-order valence-electron chi connectivity index (χ1n) is 3.92. The topological polar surface area (TPSA) is 21.3 Å². The van der Waals surface area contributed by atoms with E-state index >= 15 is 0 Å². The quantitative estimate of drug-likeness (QED) is 0.631. The smallest absolute Gasteiger partial charge is 0.190 e. The van der Waals surface area contributed by atoms with Gasteiger partial charge in [-0.1, -0.05) is 6.07 Å². The van der Waals surface area contributed by atoms with Gasteiger partial charge in [0.25, 0.3) is 0 Å². The van der Waals surface area contributed by atoms with E-state index in [1.165, 1.54) is 11.1 Å². The predicted octanol–water partition coefficient (Wildman–Crippen LogP) is 2.58. The van der Waals surface area contributed by atoms with Gasteiger partial charge in [-0.15, -0.1) is 0 Å². The first-order valence-corrected chi connectivity index (χ1v) is 3.92. The number of fused-ring (bicyclic) bond motifs is 1. The number of nitrogens with one attached hydrogen (secondary N) is 1. The Morgan fingerprint density at radius 3 is 2.83 bits per heavy atom. The lowest BCUT2D eigenvalue weighted by Gasteiger charge is -2.03. The molecule has 1 aromatic carbocycles. The van der Waals surface area contributed by atoms with E-state index in [0.29, 0.717) is 5.88 Å². The van der Waals surface area contributed by atoms with E-state index in [1.54, 1.807) is 0 Å². The SMILES string of the molecule is C=C1Nc2ccc(C)c(C)c2O1. The van der Waals surface area contributed by atoms with Gasteiger partial charge in [-0.05, 0) is 37.6 Å². The van der Waals surface area contributed by atoms with Crippen molar-refractivity contribution in [3.63, 3.8) is 0 Å². The minimum Gasteiger partial charge on any atom is -0.439 e. The van der Waals surface area contributed by atoms with Crippen LogP contribution in [0.2, 0.25) is 0 Å². The van der Waals surface area contributed by atoms with E-state index in [9.17, 15) is 0 Å². The van der Waals surface area contributed by atoms with Crippen molar-refractivity contribution >= 4 is 5.69 Å². The number of ether oxygens (including phenoxy) is 1. The van der Waals surface area contributed by atoms with Crippen LogP contribution in [0.15, 0.2) is 24.6 Å². The van der Waals surface area contributed by atoms with Gasteiger partial charge in [0.2, 0.25) is 0 Å². The molecule has 0 aliphatic carbocycles. The van der Waals surface area contributed by atoms with Crippen LogP contribution in [0.4, 0.5) is 5.69 Å². The van der Waals surface area contributed by atoms with Crippen LogP contribution in [-0.2, 0) is 0 Å². The summed E-state index contributed by atoms with van der Waals surface area (Å²) in [4.78, 5) is 0. The molecule has 0 saturated carbocycles. The zero-order valence-corrected chi connectivity index (χ0v) is 7.27. The molecule has 0 spiro atoms. The largest absolute Gasteiger partial charge is 0.439 e. The van der Waals surface area contributed by atoms with Crippen molar-refractivity contribution in [3.8, 4) is 5.75 Å². The molecular weight excluding hydrogens is 150 g/mol. The maximum Gasteiger partial charge on any atom is 0.190 e. The highest BCUT2D eigenvalue weighted by Crippen LogP contribution is 2.37. The highest BCUT2D eigenvalue weighted by molar-refractivity contribution is 5.67. The van der Waals surface area contributed by atoms with Gasteiger partial charge in [0.1, 0.15) is 0 Å². The Balaban J connectivity index is 2.61. The number of anilines is 1. The molecule has 1 aliphatic rings. The van der Waals surface area contributed by atoms with Crippen LogP contribution < -0.4 is 10.1 Å². The second-order valence-electron chi connectivity index (χ2n) is 3.03. The van der Waals surface area contributed by atoms with E-state index in [0.717, 1.165) is 11.4 Å². The van der Waals surface area contributed by atoms with E-state index in [1.807, 2.05) is 6.07 Å². The van der Waals surface area contributed by atoms with Gasteiger partial charge in [0.05, 0.1) is 5.69 Å². The fourth-order valence-electron chi connectivity index (χ4n) is 1.32. The molecule has 0 radical (unpaired) electrons. The second kappa shape index (κ2) is 2.27. The zero-order chi connectivity index (χ0) is 8.72. The molecule has 62 valence electrons. The fraction of sp³-hybridized carbons (Fsp3) is 0.200. The van der Waals surface area contributed by atoms with Crippen LogP contribution in [0.25, 0.3) is 0 Å². The molecule has 1 N–H and O–H groups in total. The van der Waals surface area contributed by atoms with Crippen molar-refractivity contribution in [2.24, 2.45) is 0 Å². The highest BCUT2D eigenvalue weighted by atomic mass is 16.5. The Morgan fingerprint density at radius 1 is 1.33 bits per heavy atom. The Hall–Kier alpha value is -1.44. The summed E-state index contributed by atoms with van der Waals surface area (Å²) >= 11 is 0. The number of hydrogen-bond acceptors (Lipinski definition) is 2. The molecule has 2 nitrogen and oxygen atoms in total. The standard InChI is InChI=1S/C10H11NO/c1-6-4-5-9-10(7(6)2)12-8(3)11-9/h4-5,11H,3H2,1-2H3. The van der Waals surface area contributed by atoms with Crippen molar-refractivity contribution in [2.45, 2.75) is 13.8 Å². The van der Waals surface area contributed by atoms with Gasteiger partial charge in [0.15, 0.2) is 11.6 Å². The molecule has 0 saturated heterocycles. The van der Waals surface area contributed by atoms with Crippen molar-refractivity contribution in [1.82, 2.24) is 0 Å². The zero-order valence-electron chi connectivity index (χ0n) is 7.27. The fourth-order valence-corrected chi connectivity index (χ4v) is 1.32. The third-order valence-corrected chi connectivity index (χ3v) is 2.18. The summed E-state index contributed by atoms with van der Waals surface area (Å²) in [5.74, 6) is 1.53. The van der Waals surface area contributed by atoms with E-state index in [4.69, 9.17) is 4.74 Å². The van der Waals surface area contributed by atoms with Gasteiger partial charge < -0.3 is 10.1 Å². The van der Waals surface area contributed by atoms with Crippen LogP contribution >= 0.6 is 0 Å². The molecular formula is C10H11NO. The molecule has 1 aliphatic heterocycles. The highest BCUT2D eigenvalue weighted by Gasteiger charge is 2.17. The minimum absolute atomic E-state index is 0.610. The van der Waals surface area contributed by atoms with Crippen LogP contribution in [0.3, 0.4) is 0 Å². The molecule has 0 aromatic heterocycles. The Bertz CT molecular complexity index is 355. The van der Waals surface area contributed by atoms with Gasteiger partial charge in [-0.3, -0.25) is 0 Å². The molecule has 1 aromatic rings. The van der Waals surface area contributed by atoms with Gasteiger partial charge in [0, 0.05) is 0 Å². The molecule has 1 heterocycles. The van der Waals surface area contributed by atoms with E-state index in [-0.39, 0.29) is 0 Å². The summed E-state index contributed by atoms with van der Waals surface area (Å²) in [5.41, 5.74) is 3.44. The predicted molar refractivity (Wildman–Crippen MR) is 49.3 cm³/mol. The summed E-state index contributed by atoms with van der Waals surface area (Å²) in [6.45, 7) is 7.83. The summed E-state index contributed by atoms with van der Waals surface area (Å²) in [6.07, 6.45) is 0. The molecule has 0 fully saturated rings. The summed E-state index contributed by atoms with van der Waals surface area (Å²) < 4.78 is 5.41. The lowest BCUT2D eigenvalue weighted by Crippen LogP contribution is -1.92. The van der Waals surface area contributed by atoms with Gasteiger partial charge in [-0.25, -0.2) is 0 Å². The van der Waals surface area contributed by atoms with Crippen LogP contribution in [0, 0.1) is 13.8 Å². The normalized spacial score (nSPS) is 13.7. The average molecular weight is 161 g/mol. The monoisotopic (exact) mass is 161 g/mol. The molecule has 2 heteroatoms. The van der Waals surface area contributed by atoms with Crippen molar-refractivity contribution in [3.05, 3.63) is 35.7 Å². The van der Waals surface area contributed by atoms with E-state index in [2.05, 4.69) is 31.8 Å². The van der Waals surface area contributed by atoms with Crippen molar-refractivity contribution in [2.75, 3.05) is 5.32 Å². The average Bonchev–Trinajstić information content (AvgIpc) is 2.39. The Kier molecular flexibility index (Phi) is 1.37. The lowest BCUT2D eigenvalue weighted by molar-refractivity contribution is 0.456. The summed E-state index contributed by atoms with van der Waals surface area (Å²) in [5, 5.41) is 3.05.